The number of benzene rings is 2. The molecule has 0 heterocycles. The van der Waals surface area contributed by atoms with Gasteiger partial charge in [-0.3, -0.25) is 0 Å². The van der Waals surface area contributed by atoms with E-state index in [-0.39, 0.29) is 6.54 Å². The molecule has 146 valence electrons. The molecule has 0 unspecified atom stereocenters. The van der Waals surface area contributed by atoms with Gasteiger partial charge < -0.3 is 19.4 Å². The van der Waals surface area contributed by atoms with Crippen LogP contribution >= 0.6 is 0 Å². The third-order valence-electron chi connectivity index (χ3n) is 3.53. The van der Waals surface area contributed by atoms with Crippen LogP contribution in [-0.4, -0.2) is 27.6 Å². The molecule has 0 saturated carbocycles. The molecule has 7 nitrogen and oxygen atoms in total. The molecule has 27 heavy (non-hydrogen) atoms. The number of hydrogen-bond donors (Lipinski definition) is 1. The summed E-state index contributed by atoms with van der Waals surface area (Å²) in [5.41, 5.74) is 0.124. The zero-order valence-electron chi connectivity index (χ0n) is 14.8. The largest absolute Gasteiger partial charge is 0.545 e. The Morgan fingerprint density at radius 1 is 1.07 bits per heavy atom. The Hall–Kier alpha value is -2.65. The van der Waals surface area contributed by atoms with Crippen molar-refractivity contribution in [1.29, 1.82) is 0 Å². The van der Waals surface area contributed by atoms with Crippen molar-refractivity contribution in [2.24, 2.45) is 0 Å². The van der Waals surface area contributed by atoms with E-state index in [0.29, 0.717) is 30.3 Å². The zero-order chi connectivity index (χ0) is 20.0. The lowest BCUT2D eigenvalue weighted by Crippen LogP contribution is -2.26. The van der Waals surface area contributed by atoms with Crippen molar-refractivity contribution in [3.05, 3.63) is 53.3 Å². The standard InChI is InChI=1S/C18H20FNO6S/c1-3-25-15-8-5-12(9-16(15)26-4-2)11-20-27(23,24)17-10-13(18(21)22)6-7-14(17)19/h5-10,20H,3-4,11H2,1-2H3,(H,21,22)/p-1. The van der Waals surface area contributed by atoms with Crippen LogP contribution in [0.2, 0.25) is 0 Å². The molecule has 0 aromatic heterocycles. The molecule has 0 saturated heterocycles. The molecule has 2 rings (SSSR count). The van der Waals surface area contributed by atoms with Gasteiger partial charge in [0, 0.05) is 6.54 Å². The Morgan fingerprint density at radius 2 is 1.74 bits per heavy atom. The van der Waals surface area contributed by atoms with Crippen LogP contribution in [0, 0.1) is 5.82 Å². The Labute approximate surface area is 156 Å². The number of carbonyl (C=O) groups is 1. The minimum Gasteiger partial charge on any atom is -0.545 e. The second kappa shape index (κ2) is 8.83. The summed E-state index contributed by atoms with van der Waals surface area (Å²) in [6.45, 7) is 4.33. The zero-order valence-corrected chi connectivity index (χ0v) is 15.6. The van der Waals surface area contributed by atoms with E-state index in [4.69, 9.17) is 9.47 Å². The SMILES string of the molecule is CCOc1ccc(CNS(=O)(=O)c2cc(C(=O)[O-])ccc2F)cc1OCC. The highest BCUT2D eigenvalue weighted by molar-refractivity contribution is 7.89. The van der Waals surface area contributed by atoms with Gasteiger partial charge in [-0.2, -0.15) is 0 Å². The summed E-state index contributed by atoms with van der Waals surface area (Å²) in [5.74, 6) is -1.67. The molecule has 0 aliphatic carbocycles. The molecule has 0 spiro atoms. The fourth-order valence-electron chi connectivity index (χ4n) is 2.30. The topological polar surface area (TPSA) is 105 Å². The van der Waals surface area contributed by atoms with Crippen LogP contribution in [-0.2, 0) is 16.6 Å². The molecule has 0 atom stereocenters. The van der Waals surface area contributed by atoms with Gasteiger partial charge in [0.15, 0.2) is 11.5 Å². The minimum absolute atomic E-state index is 0.149. The van der Waals surface area contributed by atoms with Crippen LogP contribution in [0.1, 0.15) is 29.8 Å². The van der Waals surface area contributed by atoms with Gasteiger partial charge in [-0.1, -0.05) is 12.1 Å². The van der Waals surface area contributed by atoms with Crippen LogP contribution in [0.25, 0.3) is 0 Å². The number of carboxylic acid groups (broad SMARTS) is 1. The maximum atomic E-state index is 13.9. The average Bonchev–Trinajstić information content (AvgIpc) is 2.62. The number of hydrogen-bond acceptors (Lipinski definition) is 6. The van der Waals surface area contributed by atoms with Crippen LogP contribution in [0.3, 0.4) is 0 Å². The second-order valence-electron chi connectivity index (χ2n) is 5.40. The summed E-state index contributed by atoms with van der Waals surface area (Å²) in [7, 11) is -4.28. The highest BCUT2D eigenvalue weighted by Gasteiger charge is 2.20. The Kier molecular flexibility index (Phi) is 6.75. The predicted octanol–water partition coefficient (Wildman–Crippen LogP) is 1.47. The lowest BCUT2D eigenvalue weighted by atomic mass is 10.2. The molecular weight excluding hydrogens is 377 g/mol. The number of sulfonamides is 1. The third-order valence-corrected chi connectivity index (χ3v) is 4.95. The van der Waals surface area contributed by atoms with Crippen molar-refractivity contribution >= 4 is 16.0 Å². The van der Waals surface area contributed by atoms with Crippen LogP contribution < -0.4 is 19.3 Å². The number of aromatic carboxylic acids is 1. The van der Waals surface area contributed by atoms with Crippen LogP contribution in [0.4, 0.5) is 4.39 Å². The molecule has 1 N–H and O–H groups in total. The Bertz CT molecular complexity index is 929. The van der Waals surface area contributed by atoms with E-state index in [0.717, 1.165) is 18.2 Å². The van der Waals surface area contributed by atoms with Gasteiger partial charge in [0.05, 0.1) is 19.2 Å². The first-order chi connectivity index (χ1) is 12.8. The quantitative estimate of drug-likeness (QED) is 0.688. The first-order valence-corrected chi connectivity index (χ1v) is 9.65. The maximum absolute atomic E-state index is 13.9. The lowest BCUT2D eigenvalue weighted by Gasteiger charge is -2.13. The molecular formula is C18H19FNO6S-. The summed E-state index contributed by atoms with van der Waals surface area (Å²) in [4.78, 5) is 10.1. The van der Waals surface area contributed by atoms with Crippen molar-refractivity contribution in [2.45, 2.75) is 25.3 Å². The lowest BCUT2D eigenvalue weighted by molar-refractivity contribution is -0.255. The van der Waals surface area contributed by atoms with Gasteiger partial charge in [-0.15, -0.1) is 0 Å². The summed E-state index contributed by atoms with van der Waals surface area (Å²) in [5, 5.41) is 10.9. The number of nitrogens with one attached hydrogen (secondary N) is 1. The van der Waals surface area contributed by atoms with Crippen molar-refractivity contribution < 1.29 is 32.2 Å². The Morgan fingerprint density at radius 3 is 2.37 bits per heavy atom. The predicted molar refractivity (Wildman–Crippen MR) is 93.5 cm³/mol. The average molecular weight is 396 g/mol. The van der Waals surface area contributed by atoms with E-state index in [1.807, 2.05) is 6.92 Å². The number of rotatable bonds is 9. The van der Waals surface area contributed by atoms with E-state index in [1.54, 1.807) is 25.1 Å². The second-order valence-corrected chi connectivity index (χ2v) is 7.14. The highest BCUT2D eigenvalue weighted by Crippen LogP contribution is 2.28. The molecule has 0 aliphatic heterocycles. The first-order valence-electron chi connectivity index (χ1n) is 8.17. The van der Waals surface area contributed by atoms with Gasteiger partial charge in [0.25, 0.3) is 0 Å². The summed E-state index contributed by atoms with van der Waals surface area (Å²) >= 11 is 0. The van der Waals surface area contributed by atoms with E-state index in [2.05, 4.69) is 4.72 Å². The molecule has 2 aromatic carbocycles. The molecule has 0 bridgehead atoms. The van der Waals surface area contributed by atoms with E-state index in [9.17, 15) is 22.7 Å². The van der Waals surface area contributed by atoms with Crippen LogP contribution in [0.15, 0.2) is 41.3 Å². The van der Waals surface area contributed by atoms with Gasteiger partial charge in [0.1, 0.15) is 10.7 Å². The molecule has 0 aliphatic rings. The Balaban J connectivity index is 2.24. The van der Waals surface area contributed by atoms with Crippen molar-refractivity contribution in [1.82, 2.24) is 4.72 Å². The first kappa shape index (κ1) is 20.7. The summed E-state index contributed by atoms with van der Waals surface area (Å²) < 4.78 is 51.8. The molecule has 9 heteroatoms. The van der Waals surface area contributed by atoms with Gasteiger partial charge in [0.2, 0.25) is 10.0 Å². The smallest absolute Gasteiger partial charge is 0.243 e. The third kappa shape index (κ3) is 5.18. The minimum atomic E-state index is -4.28. The monoisotopic (exact) mass is 396 g/mol. The number of halogens is 1. The van der Waals surface area contributed by atoms with Crippen molar-refractivity contribution in [3.8, 4) is 11.5 Å². The molecule has 2 aromatic rings. The van der Waals surface area contributed by atoms with Gasteiger partial charge in [-0.05, 0) is 49.2 Å². The van der Waals surface area contributed by atoms with Crippen molar-refractivity contribution in [3.63, 3.8) is 0 Å². The van der Waals surface area contributed by atoms with E-state index in [1.165, 1.54) is 0 Å². The van der Waals surface area contributed by atoms with Crippen molar-refractivity contribution in [2.75, 3.05) is 13.2 Å². The van der Waals surface area contributed by atoms with Gasteiger partial charge >= 0.3 is 0 Å². The van der Waals surface area contributed by atoms with Gasteiger partial charge in [-0.25, -0.2) is 17.5 Å². The highest BCUT2D eigenvalue weighted by atomic mass is 32.2. The fraction of sp³-hybridized carbons (Fsp3) is 0.278. The molecule has 0 fully saturated rings. The summed E-state index contributed by atoms with van der Waals surface area (Å²) in [6.07, 6.45) is 0. The maximum Gasteiger partial charge on any atom is 0.243 e. The molecule has 0 radical (unpaired) electrons. The van der Waals surface area contributed by atoms with Crippen LogP contribution in [0.5, 0.6) is 11.5 Å². The number of carboxylic acids is 1. The number of ether oxygens (including phenoxy) is 2. The summed E-state index contributed by atoms with van der Waals surface area (Å²) in [6, 6.07) is 7.33. The van der Waals surface area contributed by atoms with E-state index < -0.39 is 32.3 Å². The fourth-order valence-corrected chi connectivity index (χ4v) is 3.42. The normalized spacial score (nSPS) is 11.2. The van der Waals surface area contributed by atoms with E-state index >= 15 is 0 Å². The number of carbonyl (C=O) groups excluding carboxylic acids is 1. The molecule has 0 amide bonds.